The lowest BCUT2D eigenvalue weighted by molar-refractivity contribution is -0.247. The molecule has 2 N–H and O–H groups in total. The normalized spacial score (nSPS) is 30.5. The van der Waals surface area contributed by atoms with E-state index in [4.69, 9.17) is 24.7 Å². The van der Waals surface area contributed by atoms with Crippen molar-refractivity contribution in [1.82, 2.24) is 0 Å². The third-order valence-corrected chi connectivity index (χ3v) is 2.62. The maximum atomic E-state index is 11.5. The minimum absolute atomic E-state index is 0.0557. The number of methoxy groups -OCH3 is 1. The van der Waals surface area contributed by atoms with Crippen LogP contribution < -0.4 is 5.73 Å². The van der Waals surface area contributed by atoms with Gasteiger partial charge in [-0.15, -0.1) is 0 Å². The molecule has 1 amide bonds. The summed E-state index contributed by atoms with van der Waals surface area (Å²) >= 11 is 0. The zero-order valence-electron chi connectivity index (χ0n) is 11.0. The van der Waals surface area contributed by atoms with E-state index in [0.29, 0.717) is 0 Å². The fraction of sp³-hybridized carbons (Fsp3) is 0.727. The summed E-state index contributed by atoms with van der Waals surface area (Å²) in [6, 6.07) is 0. The summed E-state index contributed by atoms with van der Waals surface area (Å²) in [5.41, 5.74) is 5.26. The topological polar surface area (TPSA) is 114 Å². The summed E-state index contributed by atoms with van der Waals surface area (Å²) in [6.07, 6.45) is -2.88. The Bertz CT molecular complexity index is 370. The molecular formula is C11H17NO7. The van der Waals surface area contributed by atoms with Gasteiger partial charge in [0.1, 0.15) is 5.92 Å². The Morgan fingerprint density at radius 2 is 1.74 bits per heavy atom. The van der Waals surface area contributed by atoms with Gasteiger partial charge in [0.2, 0.25) is 5.91 Å². The number of carbonyl (C=O) groups excluding carboxylic acids is 3. The number of nitrogens with two attached hydrogens (primary N) is 1. The molecule has 1 heterocycles. The van der Waals surface area contributed by atoms with Gasteiger partial charge in [0.05, 0.1) is 6.61 Å². The summed E-state index contributed by atoms with van der Waals surface area (Å²) in [5.74, 6) is -3.02. The summed E-state index contributed by atoms with van der Waals surface area (Å²) < 4.78 is 20.2. The summed E-state index contributed by atoms with van der Waals surface area (Å²) in [5, 5.41) is 0. The quantitative estimate of drug-likeness (QED) is 0.651. The standard InChI is InChI=1S/C11H17NO7/c1-5(13)18-7-4-17-11(16-3)8(10(12)15)9(7)19-6(2)14/h7-9,11H,4H2,1-3H3,(H2,12,15)/t7-,8+,9+,11-/m0/s1. The Morgan fingerprint density at radius 1 is 1.16 bits per heavy atom. The lowest BCUT2D eigenvalue weighted by atomic mass is 9.93. The van der Waals surface area contributed by atoms with Crippen LogP contribution in [0.5, 0.6) is 0 Å². The number of rotatable bonds is 4. The molecule has 1 fully saturated rings. The highest BCUT2D eigenvalue weighted by atomic mass is 16.7. The zero-order chi connectivity index (χ0) is 14.6. The van der Waals surface area contributed by atoms with E-state index in [0.717, 1.165) is 0 Å². The Morgan fingerprint density at radius 3 is 2.16 bits per heavy atom. The number of hydrogen-bond acceptors (Lipinski definition) is 7. The molecule has 4 atom stereocenters. The van der Waals surface area contributed by atoms with Crippen LogP contribution in [-0.2, 0) is 33.3 Å². The molecule has 0 aromatic heterocycles. The first kappa shape index (κ1) is 15.4. The van der Waals surface area contributed by atoms with E-state index < -0.39 is 42.3 Å². The largest absolute Gasteiger partial charge is 0.457 e. The van der Waals surface area contributed by atoms with E-state index in [1.807, 2.05) is 0 Å². The van der Waals surface area contributed by atoms with Crippen LogP contribution in [0, 0.1) is 5.92 Å². The number of ether oxygens (including phenoxy) is 4. The van der Waals surface area contributed by atoms with Gasteiger partial charge in [0, 0.05) is 21.0 Å². The van der Waals surface area contributed by atoms with Gasteiger partial charge in [0.25, 0.3) is 0 Å². The van der Waals surface area contributed by atoms with E-state index in [1.54, 1.807) is 0 Å². The molecule has 108 valence electrons. The molecule has 1 aliphatic rings. The van der Waals surface area contributed by atoms with Crippen molar-refractivity contribution < 1.29 is 33.3 Å². The molecule has 0 unspecified atom stereocenters. The third-order valence-electron chi connectivity index (χ3n) is 2.62. The molecule has 8 heteroatoms. The molecule has 1 aliphatic heterocycles. The number of hydrogen-bond donors (Lipinski definition) is 1. The van der Waals surface area contributed by atoms with Crippen LogP contribution >= 0.6 is 0 Å². The smallest absolute Gasteiger partial charge is 0.303 e. The molecule has 0 aromatic rings. The molecule has 19 heavy (non-hydrogen) atoms. The second kappa shape index (κ2) is 6.48. The van der Waals surface area contributed by atoms with Gasteiger partial charge >= 0.3 is 11.9 Å². The molecule has 0 bridgehead atoms. The first-order chi connectivity index (χ1) is 8.86. The highest BCUT2D eigenvalue weighted by Crippen LogP contribution is 2.27. The van der Waals surface area contributed by atoms with Crippen molar-refractivity contribution in [2.24, 2.45) is 11.7 Å². The van der Waals surface area contributed by atoms with Gasteiger partial charge < -0.3 is 24.7 Å². The van der Waals surface area contributed by atoms with Gasteiger partial charge in [-0.2, -0.15) is 0 Å². The zero-order valence-corrected chi connectivity index (χ0v) is 11.0. The Kier molecular flexibility index (Phi) is 5.25. The second-order valence-corrected chi connectivity index (χ2v) is 4.09. The maximum absolute atomic E-state index is 11.5. The predicted molar refractivity (Wildman–Crippen MR) is 60.5 cm³/mol. The number of primary amides is 1. The molecule has 0 spiro atoms. The van der Waals surface area contributed by atoms with Crippen LogP contribution in [0.25, 0.3) is 0 Å². The first-order valence-electron chi connectivity index (χ1n) is 5.65. The van der Waals surface area contributed by atoms with Gasteiger partial charge in [-0.3, -0.25) is 14.4 Å². The van der Waals surface area contributed by atoms with Crippen molar-refractivity contribution in [3.63, 3.8) is 0 Å². The number of carbonyl (C=O) groups is 3. The van der Waals surface area contributed by atoms with Crippen LogP contribution in [0.3, 0.4) is 0 Å². The fourth-order valence-electron chi connectivity index (χ4n) is 1.94. The third kappa shape index (κ3) is 3.90. The van der Waals surface area contributed by atoms with E-state index in [9.17, 15) is 14.4 Å². The van der Waals surface area contributed by atoms with Crippen LogP contribution in [0.2, 0.25) is 0 Å². The van der Waals surface area contributed by atoms with Gasteiger partial charge in [-0.05, 0) is 0 Å². The fourth-order valence-corrected chi connectivity index (χ4v) is 1.94. The van der Waals surface area contributed by atoms with E-state index in [-0.39, 0.29) is 6.61 Å². The minimum Gasteiger partial charge on any atom is -0.457 e. The highest BCUT2D eigenvalue weighted by molar-refractivity contribution is 5.79. The van der Waals surface area contributed by atoms with Crippen LogP contribution in [-0.4, -0.2) is 50.1 Å². The van der Waals surface area contributed by atoms with Gasteiger partial charge in [0.15, 0.2) is 18.5 Å². The van der Waals surface area contributed by atoms with Crippen LogP contribution in [0.15, 0.2) is 0 Å². The van der Waals surface area contributed by atoms with Gasteiger partial charge in [-0.1, -0.05) is 0 Å². The number of amides is 1. The summed E-state index contributed by atoms with van der Waals surface area (Å²) in [7, 11) is 1.33. The first-order valence-corrected chi connectivity index (χ1v) is 5.65. The summed E-state index contributed by atoms with van der Waals surface area (Å²) in [4.78, 5) is 33.6. The molecule has 0 saturated carbocycles. The minimum atomic E-state index is -1.05. The monoisotopic (exact) mass is 275 g/mol. The van der Waals surface area contributed by atoms with Crippen molar-refractivity contribution in [2.45, 2.75) is 32.3 Å². The molecule has 1 rings (SSSR count). The lowest BCUT2D eigenvalue weighted by Crippen LogP contribution is -2.57. The molecule has 0 aliphatic carbocycles. The second-order valence-electron chi connectivity index (χ2n) is 4.09. The van der Waals surface area contributed by atoms with E-state index in [1.165, 1.54) is 21.0 Å². The van der Waals surface area contributed by atoms with Crippen LogP contribution in [0.1, 0.15) is 13.8 Å². The summed E-state index contributed by atoms with van der Waals surface area (Å²) in [6.45, 7) is 2.33. The van der Waals surface area contributed by atoms with E-state index in [2.05, 4.69) is 0 Å². The average Bonchev–Trinajstić information content (AvgIpc) is 2.29. The highest BCUT2D eigenvalue weighted by Gasteiger charge is 2.47. The van der Waals surface area contributed by atoms with Crippen molar-refractivity contribution >= 4 is 17.8 Å². The predicted octanol–water partition coefficient (Wildman–Crippen LogP) is -1.05. The Labute approximate surface area is 110 Å². The Balaban J connectivity index is 2.98. The van der Waals surface area contributed by atoms with Crippen molar-refractivity contribution in [3.8, 4) is 0 Å². The maximum Gasteiger partial charge on any atom is 0.303 e. The average molecular weight is 275 g/mol. The molecule has 0 aromatic carbocycles. The van der Waals surface area contributed by atoms with Crippen molar-refractivity contribution in [2.75, 3.05) is 13.7 Å². The van der Waals surface area contributed by atoms with Gasteiger partial charge in [-0.25, -0.2) is 0 Å². The molecule has 0 radical (unpaired) electrons. The van der Waals surface area contributed by atoms with Crippen LogP contribution in [0.4, 0.5) is 0 Å². The Hall–Kier alpha value is -1.67. The van der Waals surface area contributed by atoms with E-state index >= 15 is 0 Å². The molecule has 8 nitrogen and oxygen atoms in total. The van der Waals surface area contributed by atoms with Crippen molar-refractivity contribution in [3.05, 3.63) is 0 Å². The molecule has 1 saturated heterocycles. The SMILES string of the molecule is CO[C@H]1OC[C@H](OC(C)=O)[C@@H](OC(C)=O)[C@@H]1C(N)=O. The lowest BCUT2D eigenvalue weighted by Gasteiger charge is -2.38. The molecular weight excluding hydrogens is 258 g/mol. The van der Waals surface area contributed by atoms with Crippen molar-refractivity contribution in [1.29, 1.82) is 0 Å². The number of esters is 2.